The van der Waals surface area contributed by atoms with Gasteiger partial charge in [0.25, 0.3) is 0 Å². The van der Waals surface area contributed by atoms with Crippen LogP contribution in [0.15, 0.2) is 191 Å². The van der Waals surface area contributed by atoms with Crippen LogP contribution in [0.3, 0.4) is 0 Å². The van der Waals surface area contributed by atoms with Gasteiger partial charge in [0.2, 0.25) is 0 Å². The molecule has 288 valence electrons. The largest absolute Gasteiger partial charge is 0.488 e. The monoisotopic (exact) mass is 792 g/mol. The second-order valence-electron chi connectivity index (χ2n) is 16.3. The molecule has 0 fully saturated rings. The zero-order valence-corrected chi connectivity index (χ0v) is 33.1. The van der Waals surface area contributed by atoms with Gasteiger partial charge in [-0.15, -0.1) is 0 Å². The number of rotatable bonds is 3. The molecule has 0 unspecified atom stereocenters. The van der Waals surface area contributed by atoms with Crippen molar-refractivity contribution in [3.63, 3.8) is 0 Å². The lowest BCUT2D eigenvalue weighted by atomic mass is 9.94. The van der Waals surface area contributed by atoms with Gasteiger partial charge in [-0.1, -0.05) is 140 Å². The molecule has 0 saturated heterocycles. The summed E-state index contributed by atoms with van der Waals surface area (Å²) >= 11 is 0. The first-order valence-electron chi connectivity index (χ1n) is 21.0. The Morgan fingerprint density at radius 3 is 1.45 bits per heavy atom. The summed E-state index contributed by atoms with van der Waals surface area (Å²) in [4.78, 5) is 10.9. The van der Waals surface area contributed by atoms with Crippen LogP contribution in [0.4, 0.5) is 0 Å². The standard InChI is InChI=1S/C57H32N2O3/c1-7-17-39-32(11-1)22-25-48-51(39)53-41-19-9-3-13-34(41)27-44(55(53)61-48)46-30-47(59-57(58-46)36-21-24-43-38-16-6-5-15-37(38)31-60-50(43)29-36)45-28-35-14-4-10-20-42(35)54-52-40-18-8-2-12-33(40)23-26-49(52)62-56(45)54/h1-30H,31H2. The Morgan fingerprint density at radius 1 is 0.371 bits per heavy atom. The third kappa shape index (κ3) is 4.79. The summed E-state index contributed by atoms with van der Waals surface area (Å²) in [6.45, 7) is 0.504. The Morgan fingerprint density at radius 2 is 0.871 bits per heavy atom. The summed E-state index contributed by atoms with van der Waals surface area (Å²) in [5, 5.41) is 13.5. The summed E-state index contributed by atoms with van der Waals surface area (Å²) < 4.78 is 20.3. The molecule has 0 saturated carbocycles. The molecule has 0 aliphatic carbocycles. The van der Waals surface area contributed by atoms with E-state index >= 15 is 0 Å². The van der Waals surface area contributed by atoms with E-state index in [4.69, 9.17) is 23.5 Å². The fourth-order valence-corrected chi connectivity index (χ4v) is 10.1. The smallest absolute Gasteiger partial charge is 0.160 e. The molecule has 5 heteroatoms. The normalized spacial score (nSPS) is 12.6. The molecule has 3 aromatic heterocycles. The van der Waals surface area contributed by atoms with Crippen LogP contribution in [-0.4, -0.2) is 9.97 Å². The zero-order valence-electron chi connectivity index (χ0n) is 33.1. The summed E-state index contributed by atoms with van der Waals surface area (Å²) in [6.07, 6.45) is 0. The van der Waals surface area contributed by atoms with E-state index in [-0.39, 0.29) is 0 Å². The van der Waals surface area contributed by atoms with Crippen molar-refractivity contribution < 1.29 is 13.6 Å². The van der Waals surface area contributed by atoms with Crippen LogP contribution in [0.5, 0.6) is 5.75 Å². The molecule has 10 aromatic carbocycles. The van der Waals surface area contributed by atoms with Gasteiger partial charge < -0.3 is 13.6 Å². The van der Waals surface area contributed by atoms with E-state index < -0.39 is 0 Å². The molecule has 0 spiro atoms. The highest BCUT2D eigenvalue weighted by atomic mass is 16.5. The van der Waals surface area contributed by atoms with Gasteiger partial charge in [-0.25, -0.2) is 9.97 Å². The van der Waals surface area contributed by atoms with Crippen LogP contribution in [0, 0.1) is 0 Å². The lowest BCUT2D eigenvalue weighted by molar-refractivity contribution is 0.302. The summed E-state index contributed by atoms with van der Waals surface area (Å²) in [5.41, 5.74) is 10.8. The molecule has 1 aliphatic rings. The van der Waals surface area contributed by atoms with Crippen molar-refractivity contribution in [2.24, 2.45) is 0 Å². The van der Waals surface area contributed by atoms with E-state index in [2.05, 4.69) is 182 Å². The quantitative estimate of drug-likeness (QED) is 0.178. The van der Waals surface area contributed by atoms with E-state index in [9.17, 15) is 0 Å². The lowest BCUT2D eigenvalue weighted by Gasteiger charge is -2.21. The maximum atomic E-state index is 6.96. The molecule has 14 rings (SSSR count). The topological polar surface area (TPSA) is 61.3 Å². The highest BCUT2D eigenvalue weighted by molar-refractivity contribution is 6.30. The number of hydrogen-bond acceptors (Lipinski definition) is 5. The Kier molecular flexibility index (Phi) is 6.83. The number of nitrogens with zero attached hydrogens (tertiary/aromatic N) is 2. The lowest BCUT2D eigenvalue weighted by Crippen LogP contribution is -2.05. The molecule has 0 N–H and O–H groups in total. The molecule has 13 aromatic rings. The van der Waals surface area contributed by atoms with Crippen molar-refractivity contribution >= 4 is 87.0 Å². The number of benzene rings is 10. The first kappa shape index (κ1) is 33.5. The van der Waals surface area contributed by atoms with E-state index in [1.807, 2.05) is 0 Å². The average molecular weight is 793 g/mol. The van der Waals surface area contributed by atoms with Crippen LogP contribution in [-0.2, 0) is 6.61 Å². The van der Waals surface area contributed by atoms with Crippen molar-refractivity contribution in [1.82, 2.24) is 9.97 Å². The summed E-state index contributed by atoms with van der Waals surface area (Å²) in [7, 11) is 0. The van der Waals surface area contributed by atoms with Crippen molar-refractivity contribution in [1.29, 1.82) is 0 Å². The summed E-state index contributed by atoms with van der Waals surface area (Å²) in [6, 6.07) is 64.0. The molecular formula is C57H32N2O3. The molecule has 0 radical (unpaired) electrons. The third-order valence-electron chi connectivity index (χ3n) is 12.9. The van der Waals surface area contributed by atoms with Gasteiger partial charge in [0.15, 0.2) is 5.82 Å². The average Bonchev–Trinajstić information content (AvgIpc) is 3.94. The second kappa shape index (κ2) is 12.6. The highest BCUT2D eigenvalue weighted by Gasteiger charge is 2.25. The molecule has 62 heavy (non-hydrogen) atoms. The molecule has 0 atom stereocenters. The Labute approximate surface area is 354 Å². The van der Waals surface area contributed by atoms with E-state index in [1.54, 1.807) is 0 Å². The molecular weight excluding hydrogens is 761 g/mol. The molecule has 1 aliphatic heterocycles. The van der Waals surface area contributed by atoms with Gasteiger partial charge in [-0.05, 0) is 96.7 Å². The Balaban J connectivity index is 1.09. The minimum absolute atomic E-state index is 0.504. The van der Waals surface area contributed by atoms with Crippen molar-refractivity contribution in [2.45, 2.75) is 6.61 Å². The maximum absolute atomic E-state index is 6.96. The fourth-order valence-electron chi connectivity index (χ4n) is 10.1. The van der Waals surface area contributed by atoms with E-state index in [0.29, 0.717) is 12.4 Å². The van der Waals surface area contributed by atoms with Crippen LogP contribution in [0.1, 0.15) is 5.56 Å². The van der Waals surface area contributed by atoms with Crippen LogP contribution in [0.2, 0.25) is 0 Å². The van der Waals surface area contributed by atoms with Crippen molar-refractivity contribution in [2.75, 3.05) is 0 Å². The predicted octanol–water partition coefficient (Wildman–Crippen LogP) is 15.4. The SMILES string of the molecule is c1ccc2c(c1)COc1cc(-c3nc(-c4cc5ccccc5c5c4oc4ccc6ccccc6c45)cc(-c4cc5ccccc5c5c4oc4ccc6ccccc6c45)n3)ccc1-2. The van der Waals surface area contributed by atoms with Gasteiger partial charge in [0.1, 0.15) is 34.7 Å². The second-order valence-corrected chi connectivity index (χ2v) is 16.3. The number of furan rings is 2. The van der Waals surface area contributed by atoms with Gasteiger partial charge in [0.05, 0.1) is 11.4 Å². The number of fused-ring (bicyclic) bond motifs is 17. The molecule has 5 nitrogen and oxygen atoms in total. The highest BCUT2D eigenvalue weighted by Crippen LogP contribution is 2.47. The number of hydrogen-bond donors (Lipinski definition) is 0. The first-order chi connectivity index (χ1) is 30.7. The Bertz CT molecular complexity index is 3850. The first-order valence-corrected chi connectivity index (χ1v) is 21.0. The van der Waals surface area contributed by atoms with Gasteiger partial charge in [0, 0.05) is 43.8 Å². The summed E-state index contributed by atoms with van der Waals surface area (Å²) in [5.74, 6) is 1.39. The molecule has 0 bridgehead atoms. The molecule has 4 heterocycles. The van der Waals surface area contributed by atoms with Crippen molar-refractivity contribution in [3.8, 4) is 50.8 Å². The maximum Gasteiger partial charge on any atom is 0.160 e. The third-order valence-corrected chi connectivity index (χ3v) is 12.9. The van der Waals surface area contributed by atoms with E-state index in [0.717, 1.165) is 116 Å². The zero-order chi connectivity index (χ0) is 40.5. The number of aromatic nitrogens is 2. The van der Waals surface area contributed by atoms with Gasteiger partial charge >= 0.3 is 0 Å². The van der Waals surface area contributed by atoms with Gasteiger partial charge in [-0.3, -0.25) is 0 Å². The van der Waals surface area contributed by atoms with Gasteiger partial charge in [-0.2, -0.15) is 0 Å². The minimum Gasteiger partial charge on any atom is -0.488 e. The van der Waals surface area contributed by atoms with Crippen LogP contribution in [0.25, 0.3) is 132 Å². The minimum atomic E-state index is 0.504. The predicted molar refractivity (Wildman–Crippen MR) is 253 cm³/mol. The van der Waals surface area contributed by atoms with Crippen molar-refractivity contribution in [3.05, 3.63) is 188 Å². The Hall–Kier alpha value is -8.28. The number of ether oxygens (including phenoxy) is 1. The molecule has 0 amide bonds. The fraction of sp³-hybridized carbons (Fsp3) is 0.0175. The van der Waals surface area contributed by atoms with E-state index in [1.165, 1.54) is 21.9 Å². The van der Waals surface area contributed by atoms with Crippen LogP contribution < -0.4 is 4.74 Å². The van der Waals surface area contributed by atoms with Crippen LogP contribution >= 0.6 is 0 Å².